The first-order valence-corrected chi connectivity index (χ1v) is 5.67. The molecule has 17 heavy (non-hydrogen) atoms. The Morgan fingerprint density at radius 3 is 2.53 bits per heavy atom. The molecular formula is C15H16NO-. The van der Waals surface area contributed by atoms with Crippen molar-refractivity contribution in [3.63, 3.8) is 0 Å². The summed E-state index contributed by atoms with van der Waals surface area (Å²) in [6.45, 7) is 0.793. The van der Waals surface area contributed by atoms with Crippen LogP contribution in [0.5, 0.6) is 0 Å². The third-order valence-electron chi connectivity index (χ3n) is 2.67. The second kappa shape index (κ2) is 5.02. The zero-order valence-corrected chi connectivity index (χ0v) is 10.2. The molecule has 2 rings (SSSR count). The van der Waals surface area contributed by atoms with Crippen LogP contribution in [0.2, 0.25) is 0 Å². The van der Waals surface area contributed by atoms with Gasteiger partial charge in [0.05, 0.1) is 0 Å². The molecule has 2 nitrogen and oxygen atoms in total. The molecule has 0 aromatic heterocycles. The van der Waals surface area contributed by atoms with Crippen LogP contribution in [0.4, 0.5) is 0 Å². The number of benzene rings is 1. The molecule has 88 valence electrons. The Kier molecular flexibility index (Phi) is 3.45. The Morgan fingerprint density at radius 1 is 1.18 bits per heavy atom. The Bertz CT molecular complexity index is 481. The normalized spacial score (nSPS) is 17.5. The van der Waals surface area contributed by atoms with Crippen LogP contribution in [0.25, 0.3) is 5.76 Å². The van der Waals surface area contributed by atoms with Gasteiger partial charge in [-0.3, -0.25) is 0 Å². The predicted molar refractivity (Wildman–Crippen MR) is 69.1 cm³/mol. The van der Waals surface area contributed by atoms with Crippen molar-refractivity contribution in [1.29, 1.82) is 0 Å². The summed E-state index contributed by atoms with van der Waals surface area (Å²) in [4.78, 5) is 2.07. The number of rotatable bonds is 3. The molecular weight excluding hydrogens is 210 g/mol. The number of hydrogen-bond donors (Lipinski definition) is 0. The van der Waals surface area contributed by atoms with Crippen molar-refractivity contribution in [1.82, 2.24) is 4.90 Å². The number of hydrogen-bond acceptors (Lipinski definition) is 2. The van der Waals surface area contributed by atoms with E-state index < -0.39 is 0 Å². The lowest BCUT2D eigenvalue weighted by Crippen LogP contribution is -2.17. The minimum atomic E-state index is 0.104. The molecule has 0 fully saturated rings. The summed E-state index contributed by atoms with van der Waals surface area (Å²) in [6.07, 6.45) is 5.85. The van der Waals surface area contributed by atoms with Gasteiger partial charge in [-0.1, -0.05) is 54.3 Å². The average Bonchev–Trinajstić information content (AvgIpc) is 2.76. The van der Waals surface area contributed by atoms with Crippen molar-refractivity contribution in [3.8, 4) is 0 Å². The number of likely N-dealkylation sites (N-methyl/N-ethyl adjacent to an activating group) is 1. The maximum atomic E-state index is 12.3. The van der Waals surface area contributed by atoms with E-state index in [1.54, 1.807) is 0 Å². The molecule has 1 aromatic carbocycles. The third-order valence-corrected chi connectivity index (χ3v) is 2.67. The standard InChI is InChI=1S/C15H17NO/c1-16(2)11-13-9-6-10-14(13)15(17)12-7-4-3-5-8-12/h3-10,17H,11H2,1-2H3/p-1/b15-14-. The van der Waals surface area contributed by atoms with E-state index in [0.29, 0.717) is 0 Å². The van der Waals surface area contributed by atoms with Gasteiger partial charge in [0, 0.05) is 6.54 Å². The molecule has 0 N–H and O–H groups in total. The van der Waals surface area contributed by atoms with Crippen LogP contribution in [0, 0.1) is 0 Å². The van der Waals surface area contributed by atoms with Crippen molar-refractivity contribution in [2.75, 3.05) is 20.6 Å². The maximum Gasteiger partial charge on any atom is 0.0233 e. The van der Waals surface area contributed by atoms with E-state index >= 15 is 0 Å². The summed E-state index contributed by atoms with van der Waals surface area (Å²) >= 11 is 0. The highest BCUT2D eigenvalue weighted by atomic mass is 16.3. The predicted octanol–water partition coefficient (Wildman–Crippen LogP) is 1.82. The highest BCUT2D eigenvalue weighted by Crippen LogP contribution is 2.25. The molecule has 2 heteroatoms. The van der Waals surface area contributed by atoms with Crippen LogP contribution in [0.1, 0.15) is 5.56 Å². The van der Waals surface area contributed by atoms with E-state index in [4.69, 9.17) is 0 Å². The van der Waals surface area contributed by atoms with Crippen molar-refractivity contribution in [2.24, 2.45) is 0 Å². The fourth-order valence-electron chi connectivity index (χ4n) is 1.90. The van der Waals surface area contributed by atoms with Gasteiger partial charge in [0.15, 0.2) is 0 Å². The van der Waals surface area contributed by atoms with E-state index in [9.17, 15) is 5.11 Å². The Morgan fingerprint density at radius 2 is 1.88 bits per heavy atom. The molecule has 1 aromatic rings. The van der Waals surface area contributed by atoms with Crippen molar-refractivity contribution in [3.05, 3.63) is 65.3 Å². The summed E-state index contributed by atoms with van der Waals surface area (Å²) in [5, 5.41) is 12.3. The second-order valence-corrected chi connectivity index (χ2v) is 4.40. The minimum absolute atomic E-state index is 0.104. The van der Waals surface area contributed by atoms with Crippen LogP contribution in [0.3, 0.4) is 0 Å². The van der Waals surface area contributed by atoms with Gasteiger partial charge in [-0.15, -0.1) is 0 Å². The third kappa shape index (κ3) is 2.66. The van der Waals surface area contributed by atoms with Gasteiger partial charge in [0.25, 0.3) is 0 Å². The van der Waals surface area contributed by atoms with Crippen LogP contribution in [-0.4, -0.2) is 25.5 Å². The molecule has 0 radical (unpaired) electrons. The lowest BCUT2D eigenvalue weighted by atomic mass is 10.0. The summed E-state index contributed by atoms with van der Waals surface area (Å²) in [6, 6.07) is 9.41. The van der Waals surface area contributed by atoms with Crippen LogP contribution >= 0.6 is 0 Å². The topological polar surface area (TPSA) is 26.3 Å². The van der Waals surface area contributed by atoms with Crippen LogP contribution < -0.4 is 5.11 Å². The molecule has 0 aliphatic heterocycles. The smallest absolute Gasteiger partial charge is 0.0233 e. The highest BCUT2D eigenvalue weighted by molar-refractivity contribution is 5.70. The van der Waals surface area contributed by atoms with Crippen LogP contribution in [-0.2, 0) is 0 Å². The maximum absolute atomic E-state index is 12.3. The van der Waals surface area contributed by atoms with E-state index in [-0.39, 0.29) is 5.76 Å². The first-order valence-electron chi connectivity index (χ1n) is 5.67. The van der Waals surface area contributed by atoms with Crippen LogP contribution in [0.15, 0.2) is 59.7 Å². The number of allylic oxidation sites excluding steroid dienone is 3. The summed E-state index contributed by atoms with van der Waals surface area (Å²) in [5.41, 5.74) is 2.65. The quantitative estimate of drug-likeness (QED) is 0.735. The Balaban J connectivity index is 2.32. The minimum Gasteiger partial charge on any atom is -0.872 e. The first kappa shape index (κ1) is 11.7. The van der Waals surface area contributed by atoms with Crippen molar-refractivity contribution in [2.45, 2.75) is 0 Å². The fourth-order valence-corrected chi connectivity index (χ4v) is 1.90. The molecule has 0 atom stereocenters. The largest absolute Gasteiger partial charge is 0.872 e. The lowest BCUT2D eigenvalue weighted by Gasteiger charge is -2.20. The molecule has 0 saturated carbocycles. The fraction of sp³-hybridized carbons (Fsp3) is 0.200. The molecule has 0 heterocycles. The Hall–Kier alpha value is -1.80. The first-order chi connectivity index (χ1) is 8.18. The highest BCUT2D eigenvalue weighted by Gasteiger charge is 2.09. The zero-order valence-electron chi connectivity index (χ0n) is 10.2. The molecule has 0 amide bonds. The number of nitrogens with zero attached hydrogens (tertiary/aromatic N) is 1. The monoisotopic (exact) mass is 226 g/mol. The second-order valence-electron chi connectivity index (χ2n) is 4.40. The zero-order chi connectivity index (χ0) is 12.3. The lowest BCUT2D eigenvalue weighted by molar-refractivity contribution is -0.244. The van der Waals surface area contributed by atoms with E-state index in [0.717, 1.165) is 23.3 Å². The van der Waals surface area contributed by atoms with Gasteiger partial charge in [-0.25, -0.2) is 0 Å². The van der Waals surface area contributed by atoms with Gasteiger partial charge in [-0.2, -0.15) is 0 Å². The molecule has 1 aliphatic rings. The summed E-state index contributed by atoms with van der Waals surface area (Å²) in [7, 11) is 4.01. The molecule has 1 aliphatic carbocycles. The van der Waals surface area contributed by atoms with Crippen molar-refractivity contribution >= 4 is 5.76 Å². The van der Waals surface area contributed by atoms with E-state index in [1.165, 1.54) is 0 Å². The van der Waals surface area contributed by atoms with Gasteiger partial charge in [0.2, 0.25) is 0 Å². The van der Waals surface area contributed by atoms with Gasteiger partial charge in [0.1, 0.15) is 0 Å². The van der Waals surface area contributed by atoms with Crippen molar-refractivity contribution < 1.29 is 5.11 Å². The summed E-state index contributed by atoms with van der Waals surface area (Å²) < 4.78 is 0. The van der Waals surface area contributed by atoms with Gasteiger partial charge in [-0.05, 0) is 30.8 Å². The summed E-state index contributed by atoms with van der Waals surface area (Å²) in [5.74, 6) is 0.104. The SMILES string of the molecule is CN(C)CC1=CC=C/C1=C(/[O-])c1ccccc1. The molecule has 0 saturated heterocycles. The van der Waals surface area contributed by atoms with Gasteiger partial charge >= 0.3 is 0 Å². The Labute approximate surface area is 102 Å². The van der Waals surface area contributed by atoms with E-state index in [2.05, 4.69) is 4.90 Å². The molecule has 0 spiro atoms. The van der Waals surface area contributed by atoms with Gasteiger partial charge < -0.3 is 10.0 Å². The molecule has 0 unspecified atom stereocenters. The average molecular weight is 226 g/mol. The van der Waals surface area contributed by atoms with E-state index in [1.807, 2.05) is 62.7 Å². The molecule has 0 bridgehead atoms.